The minimum Gasteiger partial charge on any atom is -0.392 e. The summed E-state index contributed by atoms with van der Waals surface area (Å²) >= 11 is 5.87. The minimum absolute atomic E-state index is 0.0228. The van der Waals surface area contributed by atoms with Gasteiger partial charge in [0.1, 0.15) is 0 Å². The zero-order chi connectivity index (χ0) is 15.1. The van der Waals surface area contributed by atoms with Crippen molar-refractivity contribution in [2.45, 2.75) is 13.2 Å². The van der Waals surface area contributed by atoms with Gasteiger partial charge in [-0.3, -0.25) is 4.79 Å². The number of hydrogen-bond acceptors (Lipinski definition) is 2. The zero-order valence-electron chi connectivity index (χ0n) is 11.4. The molecule has 0 unspecified atom stereocenters. The summed E-state index contributed by atoms with van der Waals surface area (Å²) in [7, 11) is 0. The number of aliphatic hydroxyl groups is 1. The van der Waals surface area contributed by atoms with Crippen molar-refractivity contribution in [3.05, 3.63) is 76.3 Å². The topological polar surface area (TPSA) is 49.3 Å². The number of halogens is 1. The van der Waals surface area contributed by atoms with Crippen LogP contribution in [0.15, 0.2) is 54.6 Å². The Balaban J connectivity index is 1.86. The van der Waals surface area contributed by atoms with E-state index in [9.17, 15) is 4.79 Å². The van der Waals surface area contributed by atoms with E-state index < -0.39 is 0 Å². The molecule has 2 aromatic rings. The SMILES string of the molecule is O=C(/C=C/c1cccc(Cl)c1)NCc1ccc(CO)cc1. The quantitative estimate of drug-likeness (QED) is 0.834. The first kappa shape index (κ1) is 15.3. The van der Waals surface area contributed by atoms with Crippen molar-refractivity contribution >= 4 is 23.6 Å². The van der Waals surface area contributed by atoms with Gasteiger partial charge in [-0.25, -0.2) is 0 Å². The van der Waals surface area contributed by atoms with E-state index in [1.54, 1.807) is 18.2 Å². The Bertz CT molecular complexity index is 635. The third-order valence-corrected chi connectivity index (χ3v) is 3.18. The van der Waals surface area contributed by atoms with Gasteiger partial charge in [0.2, 0.25) is 5.91 Å². The van der Waals surface area contributed by atoms with Crippen molar-refractivity contribution in [1.29, 1.82) is 0 Å². The van der Waals surface area contributed by atoms with Crippen LogP contribution in [0.25, 0.3) is 6.08 Å². The van der Waals surface area contributed by atoms with Gasteiger partial charge in [0.05, 0.1) is 6.61 Å². The van der Waals surface area contributed by atoms with Crippen LogP contribution in [0.3, 0.4) is 0 Å². The molecule has 0 aliphatic carbocycles. The lowest BCUT2D eigenvalue weighted by Gasteiger charge is -2.03. The lowest BCUT2D eigenvalue weighted by molar-refractivity contribution is -0.116. The number of carbonyl (C=O) groups excluding carboxylic acids is 1. The fourth-order valence-electron chi connectivity index (χ4n) is 1.79. The summed E-state index contributed by atoms with van der Waals surface area (Å²) in [5, 5.41) is 12.4. The van der Waals surface area contributed by atoms with Crippen molar-refractivity contribution < 1.29 is 9.90 Å². The average molecular weight is 302 g/mol. The lowest BCUT2D eigenvalue weighted by atomic mass is 10.1. The number of aliphatic hydroxyl groups excluding tert-OH is 1. The molecule has 0 aliphatic heterocycles. The second-order valence-electron chi connectivity index (χ2n) is 4.58. The molecule has 2 N–H and O–H groups in total. The largest absolute Gasteiger partial charge is 0.392 e. The molecule has 0 bridgehead atoms. The molecular formula is C17H16ClNO2. The first-order chi connectivity index (χ1) is 10.2. The summed E-state index contributed by atoms with van der Waals surface area (Å²) in [6, 6.07) is 14.7. The third-order valence-electron chi connectivity index (χ3n) is 2.95. The predicted molar refractivity (Wildman–Crippen MR) is 84.7 cm³/mol. The van der Waals surface area contributed by atoms with Crippen LogP contribution in [0.1, 0.15) is 16.7 Å². The molecule has 108 valence electrons. The van der Waals surface area contributed by atoms with Gasteiger partial charge >= 0.3 is 0 Å². The molecule has 0 radical (unpaired) electrons. The molecule has 0 saturated heterocycles. The Kier molecular flexibility index (Phi) is 5.55. The van der Waals surface area contributed by atoms with E-state index in [1.807, 2.05) is 36.4 Å². The minimum atomic E-state index is -0.166. The van der Waals surface area contributed by atoms with E-state index in [1.165, 1.54) is 6.08 Å². The smallest absolute Gasteiger partial charge is 0.244 e. The molecular weight excluding hydrogens is 286 g/mol. The number of nitrogens with one attached hydrogen (secondary N) is 1. The lowest BCUT2D eigenvalue weighted by Crippen LogP contribution is -2.20. The van der Waals surface area contributed by atoms with Crippen LogP contribution in [0.5, 0.6) is 0 Å². The first-order valence-electron chi connectivity index (χ1n) is 6.57. The van der Waals surface area contributed by atoms with Crippen LogP contribution in [0.4, 0.5) is 0 Å². The summed E-state index contributed by atoms with van der Waals surface area (Å²) < 4.78 is 0. The van der Waals surface area contributed by atoms with E-state index in [0.717, 1.165) is 16.7 Å². The van der Waals surface area contributed by atoms with Crippen LogP contribution in [-0.2, 0) is 17.9 Å². The van der Waals surface area contributed by atoms with Crippen LogP contribution in [0, 0.1) is 0 Å². The molecule has 0 aromatic heterocycles. The summed E-state index contributed by atoms with van der Waals surface area (Å²) in [6.45, 7) is 0.472. The van der Waals surface area contributed by atoms with Crippen LogP contribution in [-0.4, -0.2) is 11.0 Å². The van der Waals surface area contributed by atoms with Gasteiger partial charge < -0.3 is 10.4 Å². The highest BCUT2D eigenvalue weighted by Gasteiger charge is 1.98. The Morgan fingerprint density at radius 2 is 1.86 bits per heavy atom. The van der Waals surface area contributed by atoms with E-state index in [-0.39, 0.29) is 12.5 Å². The predicted octanol–water partition coefficient (Wildman–Crippen LogP) is 3.16. The number of benzene rings is 2. The van der Waals surface area contributed by atoms with Gasteiger partial charge in [0, 0.05) is 17.6 Å². The van der Waals surface area contributed by atoms with Crippen LogP contribution < -0.4 is 5.32 Å². The second-order valence-corrected chi connectivity index (χ2v) is 5.02. The molecule has 3 nitrogen and oxygen atoms in total. The van der Waals surface area contributed by atoms with Gasteiger partial charge in [-0.15, -0.1) is 0 Å². The van der Waals surface area contributed by atoms with Crippen LogP contribution >= 0.6 is 11.6 Å². The second kappa shape index (κ2) is 7.62. The molecule has 0 atom stereocenters. The molecule has 0 heterocycles. The molecule has 0 fully saturated rings. The maximum Gasteiger partial charge on any atom is 0.244 e. The maximum absolute atomic E-state index is 11.7. The van der Waals surface area contributed by atoms with Crippen molar-refractivity contribution in [2.75, 3.05) is 0 Å². The Hall–Kier alpha value is -2.10. The molecule has 2 rings (SSSR count). The number of amides is 1. The number of carbonyl (C=O) groups is 1. The summed E-state index contributed by atoms with van der Waals surface area (Å²) in [5.41, 5.74) is 2.72. The van der Waals surface area contributed by atoms with E-state index in [2.05, 4.69) is 5.32 Å². The van der Waals surface area contributed by atoms with Gasteiger partial charge in [-0.05, 0) is 34.9 Å². The van der Waals surface area contributed by atoms with Gasteiger partial charge in [0.15, 0.2) is 0 Å². The highest BCUT2D eigenvalue weighted by molar-refractivity contribution is 6.30. The van der Waals surface area contributed by atoms with Gasteiger partial charge in [-0.1, -0.05) is 48.0 Å². The van der Waals surface area contributed by atoms with Crippen molar-refractivity contribution in [3.8, 4) is 0 Å². The molecule has 0 aliphatic rings. The Morgan fingerprint density at radius 1 is 1.14 bits per heavy atom. The maximum atomic E-state index is 11.7. The van der Waals surface area contributed by atoms with Gasteiger partial charge in [-0.2, -0.15) is 0 Å². The standard InChI is InChI=1S/C17H16ClNO2/c18-16-3-1-2-13(10-16)8-9-17(21)19-11-14-4-6-15(12-20)7-5-14/h1-10,20H,11-12H2,(H,19,21)/b9-8+. The Labute approximate surface area is 128 Å². The summed E-state index contributed by atoms with van der Waals surface area (Å²) in [5.74, 6) is -0.166. The van der Waals surface area contributed by atoms with Crippen LogP contribution in [0.2, 0.25) is 5.02 Å². The van der Waals surface area contributed by atoms with E-state index >= 15 is 0 Å². The molecule has 0 spiro atoms. The highest BCUT2D eigenvalue weighted by Crippen LogP contribution is 2.11. The summed E-state index contributed by atoms with van der Waals surface area (Å²) in [6.07, 6.45) is 3.20. The fourth-order valence-corrected chi connectivity index (χ4v) is 1.99. The summed E-state index contributed by atoms with van der Waals surface area (Å²) in [4.78, 5) is 11.7. The average Bonchev–Trinajstić information content (AvgIpc) is 2.51. The van der Waals surface area contributed by atoms with E-state index in [0.29, 0.717) is 11.6 Å². The fraction of sp³-hybridized carbons (Fsp3) is 0.118. The number of rotatable bonds is 5. The molecule has 2 aromatic carbocycles. The van der Waals surface area contributed by atoms with Crippen molar-refractivity contribution in [1.82, 2.24) is 5.32 Å². The van der Waals surface area contributed by atoms with Crippen molar-refractivity contribution in [3.63, 3.8) is 0 Å². The molecule has 0 saturated carbocycles. The Morgan fingerprint density at radius 3 is 2.52 bits per heavy atom. The molecule has 21 heavy (non-hydrogen) atoms. The highest BCUT2D eigenvalue weighted by atomic mass is 35.5. The normalized spacial score (nSPS) is 10.8. The molecule has 4 heteroatoms. The zero-order valence-corrected chi connectivity index (χ0v) is 12.2. The van der Waals surface area contributed by atoms with Crippen molar-refractivity contribution in [2.24, 2.45) is 0 Å². The monoisotopic (exact) mass is 301 g/mol. The van der Waals surface area contributed by atoms with Gasteiger partial charge in [0.25, 0.3) is 0 Å². The van der Waals surface area contributed by atoms with E-state index in [4.69, 9.17) is 16.7 Å². The third kappa shape index (κ3) is 5.06. The molecule has 1 amide bonds. The first-order valence-corrected chi connectivity index (χ1v) is 6.95. The number of hydrogen-bond donors (Lipinski definition) is 2.